The molecule has 1 saturated carbocycles. The summed E-state index contributed by atoms with van der Waals surface area (Å²) < 4.78 is 6.28. The molecule has 0 spiro atoms. The first kappa shape index (κ1) is 22.5. The number of hydrogen-bond acceptors (Lipinski definition) is 6. The number of carbonyl (C=O) groups is 2. The Morgan fingerprint density at radius 1 is 1.31 bits per heavy atom. The molecule has 0 radical (unpaired) electrons. The number of nitrogens with one attached hydrogen (secondary N) is 1. The largest absolute Gasteiger partial charge is 0.461 e. The Morgan fingerprint density at radius 3 is 2.81 bits per heavy atom. The molecule has 2 heterocycles. The average molecular weight is 474 g/mol. The molecular formula is C23H24ClN3O4S. The summed E-state index contributed by atoms with van der Waals surface area (Å²) in [6.45, 7) is 1.87. The van der Waals surface area contributed by atoms with Crippen LogP contribution in [0, 0.1) is 5.92 Å². The summed E-state index contributed by atoms with van der Waals surface area (Å²) in [6, 6.07) is 6.64. The van der Waals surface area contributed by atoms with E-state index in [0.717, 1.165) is 11.1 Å². The van der Waals surface area contributed by atoms with Crippen LogP contribution < -0.4 is 10.9 Å². The minimum absolute atomic E-state index is 0.0177. The predicted octanol–water partition coefficient (Wildman–Crippen LogP) is 5.19. The third kappa shape index (κ3) is 4.71. The van der Waals surface area contributed by atoms with Crippen molar-refractivity contribution in [3.05, 3.63) is 50.7 Å². The van der Waals surface area contributed by atoms with Crippen molar-refractivity contribution in [2.75, 3.05) is 11.9 Å². The van der Waals surface area contributed by atoms with Crippen molar-refractivity contribution in [3.8, 4) is 5.69 Å². The standard InChI is InChI=1S/C23H24ClN3O4S/c1-2-31-23(30)20-17-13-32-21(25-18(28)11-10-14-6-3-4-7-14)19(17)22(29)27(26-20)16-9-5-8-15(24)12-16/h5,8-9,12-14H,2-4,6-7,10-11H2,1H3,(H,25,28). The number of anilines is 1. The van der Waals surface area contributed by atoms with Gasteiger partial charge in [-0.15, -0.1) is 11.3 Å². The lowest BCUT2D eigenvalue weighted by Crippen LogP contribution is -2.25. The average Bonchev–Trinajstić information content (AvgIpc) is 3.43. The molecule has 0 bridgehead atoms. The van der Waals surface area contributed by atoms with Crippen molar-refractivity contribution in [1.82, 2.24) is 9.78 Å². The predicted molar refractivity (Wildman–Crippen MR) is 126 cm³/mol. The quantitative estimate of drug-likeness (QED) is 0.477. The van der Waals surface area contributed by atoms with Gasteiger partial charge < -0.3 is 10.1 Å². The van der Waals surface area contributed by atoms with E-state index in [1.807, 2.05) is 0 Å². The summed E-state index contributed by atoms with van der Waals surface area (Å²) in [6.07, 6.45) is 6.06. The molecule has 32 heavy (non-hydrogen) atoms. The highest BCUT2D eigenvalue weighted by atomic mass is 35.5. The summed E-state index contributed by atoms with van der Waals surface area (Å²) in [7, 11) is 0. The van der Waals surface area contributed by atoms with Crippen LogP contribution >= 0.6 is 22.9 Å². The summed E-state index contributed by atoms with van der Waals surface area (Å²) >= 11 is 7.30. The number of aromatic nitrogens is 2. The monoisotopic (exact) mass is 473 g/mol. The van der Waals surface area contributed by atoms with Gasteiger partial charge in [-0.1, -0.05) is 43.4 Å². The number of hydrogen-bond donors (Lipinski definition) is 1. The number of amides is 1. The third-order valence-electron chi connectivity index (χ3n) is 5.68. The van der Waals surface area contributed by atoms with Crippen LogP contribution in [0.3, 0.4) is 0 Å². The summed E-state index contributed by atoms with van der Waals surface area (Å²) in [5, 5.41) is 10.3. The molecule has 0 unspecified atom stereocenters. The number of halogens is 1. The Bertz CT molecular complexity index is 1210. The van der Waals surface area contributed by atoms with Gasteiger partial charge >= 0.3 is 5.97 Å². The van der Waals surface area contributed by atoms with Crippen molar-refractivity contribution in [1.29, 1.82) is 0 Å². The summed E-state index contributed by atoms with van der Waals surface area (Å²) in [5.41, 5.74) is -0.00792. The fourth-order valence-corrected chi connectivity index (χ4v) is 5.24. The van der Waals surface area contributed by atoms with E-state index in [1.54, 1.807) is 36.6 Å². The molecule has 1 N–H and O–H groups in total. The molecule has 168 valence electrons. The third-order valence-corrected chi connectivity index (χ3v) is 6.81. The molecular weight excluding hydrogens is 450 g/mol. The van der Waals surface area contributed by atoms with E-state index in [2.05, 4.69) is 10.4 Å². The topological polar surface area (TPSA) is 90.3 Å². The maximum atomic E-state index is 13.4. The van der Waals surface area contributed by atoms with Crippen LogP contribution in [0.1, 0.15) is 55.9 Å². The second kappa shape index (κ2) is 9.83. The van der Waals surface area contributed by atoms with Crippen molar-refractivity contribution in [2.24, 2.45) is 5.92 Å². The number of ether oxygens (including phenoxy) is 1. The van der Waals surface area contributed by atoms with Crippen molar-refractivity contribution >= 4 is 50.6 Å². The van der Waals surface area contributed by atoms with Crippen LogP contribution in [0.5, 0.6) is 0 Å². The van der Waals surface area contributed by atoms with E-state index in [0.29, 0.717) is 33.4 Å². The number of thiophene rings is 1. The normalized spacial score (nSPS) is 14.1. The van der Waals surface area contributed by atoms with E-state index < -0.39 is 11.5 Å². The molecule has 0 aliphatic heterocycles. The lowest BCUT2D eigenvalue weighted by molar-refractivity contribution is -0.116. The van der Waals surface area contributed by atoms with Crippen LogP contribution in [0.4, 0.5) is 5.00 Å². The number of benzene rings is 1. The number of rotatable bonds is 7. The van der Waals surface area contributed by atoms with Crippen molar-refractivity contribution in [2.45, 2.75) is 45.4 Å². The molecule has 0 atom stereocenters. The smallest absolute Gasteiger partial charge is 0.359 e. The summed E-state index contributed by atoms with van der Waals surface area (Å²) in [4.78, 5) is 38.6. The second-order valence-corrected chi connectivity index (χ2v) is 9.17. The zero-order valence-corrected chi connectivity index (χ0v) is 19.3. The van der Waals surface area contributed by atoms with Gasteiger partial charge in [0, 0.05) is 22.2 Å². The lowest BCUT2D eigenvalue weighted by atomic mass is 10.0. The lowest BCUT2D eigenvalue weighted by Gasteiger charge is -2.11. The van der Waals surface area contributed by atoms with Gasteiger partial charge in [0.15, 0.2) is 5.69 Å². The molecule has 1 aliphatic carbocycles. The number of nitrogens with zero attached hydrogens (tertiary/aromatic N) is 2. The van der Waals surface area contributed by atoms with Gasteiger partial charge in [0.1, 0.15) is 5.00 Å². The first-order valence-corrected chi connectivity index (χ1v) is 12.0. The van der Waals surface area contributed by atoms with Gasteiger partial charge in [-0.3, -0.25) is 9.59 Å². The highest BCUT2D eigenvalue weighted by Gasteiger charge is 2.23. The minimum Gasteiger partial charge on any atom is -0.461 e. The number of carbonyl (C=O) groups excluding carboxylic acids is 2. The zero-order valence-electron chi connectivity index (χ0n) is 17.7. The molecule has 1 fully saturated rings. The molecule has 4 rings (SSSR count). The zero-order chi connectivity index (χ0) is 22.7. The van der Waals surface area contributed by atoms with Crippen molar-refractivity contribution in [3.63, 3.8) is 0 Å². The first-order chi connectivity index (χ1) is 15.5. The van der Waals surface area contributed by atoms with Gasteiger partial charge in [-0.25, -0.2) is 4.79 Å². The number of esters is 1. The Hall–Kier alpha value is -2.71. The molecule has 7 nitrogen and oxygen atoms in total. The molecule has 1 amide bonds. The van der Waals surface area contributed by atoms with E-state index in [1.165, 1.54) is 37.0 Å². The Labute approximate surface area is 194 Å². The highest BCUT2D eigenvalue weighted by Crippen LogP contribution is 2.32. The SMILES string of the molecule is CCOC(=O)c1nn(-c2cccc(Cl)c2)c(=O)c2c(NC(=O)CCC3CCCC3)scc12. The first-order valence-electron chi connectivity index (χ1n) is 10.8. The molecule has 1 aromatic carbocycles. The highest BCUT2D eigenvalue weighted by molar-refractivity contribution is 7.16. The Balaban J connectivity index is 1.73. The van der Waals surface area contributed by atoms with E-state index >= 15 is 0 Å². The van der Waals surface area contributed by atoms with E-state index in [4.69, 9.17) is 16.3 Å². The fraction of sp³-hybridized carbons (Fsp3) is 0.391. The van der Waals surface area contributed by atoms with Gasteiger partial charge in [0.2, 0.25) is 5.91 Å². The minimum atomic E-state index is -0.634. The van der Waals surface area contributed by atoms with Gasteiger partial charge in [-0.2, -0.15) is 9.78 Å². The van der Waals surface area contributed by atoms with Gasteiger partial charge in [0.25, 0.3) is 5.56 Å². The van der Waals surface area contributed by atoms with Crippen molar-refractivity contribution < 1.29 is 14.3 Å². The van der Waals surface area contributed by atoms with Crippen LogP contribution in [0.15, 0.2) is 34.4 Å². The van der Waals surface area contributed by atoms with Crippen LogP contribution in [0.2, 0.25) is 5.02 Å². The number of fused-ring (bicyclic) bond motifs is 1. The van der Waals surface area contributed by atoms with Crippen LogP contribution in [-0.2, 0) is 9.53 Å². The van der Waals surface area contributed by atoms with E-state index in [9.17, 15) is 14.4 Å². The molecule has 0 saturated heterocycles. The summed E-state index contributed by atoms with van der Waals surface area (Å²) in [5.74, 6) is -0.172. The molecule has 9 heteroatoms. The van der Waals surface area contributed by atoms with Gasteiger partial charge in [-0.05, 0) is 37.5 Å². The second-order valence-electron chi connectivity index (χ2n) is 7.86. The van der Waals surface area contributed by atoms with Crippen LogP contribution in [0.25, 0.3) is 16.5 Å². The van der Waals surface area contributed by atoms with Crippen LogP contribution in [-0.4, -0.2) is 28.3 Å². The molecule has 1 aliphatic rings. The maximum absolute atomic E-state index is 13.4. The Morgan fingerprint density at radius 2 is 2.09 bits per heavy atom. The Kier molecular flexibility index (Phi) is 6.91. The maximum Gasteiger partial charge on any atom is 0.359 e. The van der Waals surface area contributed by atoms with Gasteiger partial charge in [0.05, 0.1) is 17.7 Å². The fourth-order valence-electron chi connectivity index (χ4n) is 4.10. The molecule has 3 aromatic rings. The van der Waals surface area contributed by atoms with E-state index in [-0.39, 0.29) is 23.6 Å². The molecule has 2 aromatic heterocycles.